The van der Waals surface area contributed by atoms with Crippen LogP contribution >= 0.6 is 23.2 Å². The third-order valence-electron chi connectivity index (χ3n) is 5.56. The maximum absolute atomic E-state index is 13.4. The van der Waals surface area contributed by atoms with E-state index in [4.69, 9.17) is 27.9 Å². The normalized spacial score (nSPS) is 16.1. The first-order valence-electron chi connectivity index (χ1n) is 10.4. The number of carbonyl (C=O) groups is 2. The third-order valence-corrected chi connectivity index (χ3v) is 6.00. The Morgan fingerprint density at radius 1 is 0.970 bits per heavy atom. The van der Waals surface area contributed by atoms with Gasteiger partial charge in [0.25, 0.3) is 11.8 Å². The van der Waals surface area contributed by atoms with Crippen LogP contribution in [0.4, 0.5) is 11.4 Å². The summed E-state index contributed by atoms with van der Waals surface area (Å²) in [6, 6.07) is 19.3. The number of fused-ring (bicyclic) bond motifs is 1. The van der Waals surface area contributed by atoms with Crippen LogP contribution in [0.2, 0.25) is 10.0 Å². The second-order valence-electron chi connectivity index (χ2n) is 7.84. The van der Waals surface area contributed by atoms with Crippen molar-refractivity contribution in [3.8, 4) is 0 Å². The summed E-state index contributed by atoms with van der Waals surface area (Å²) >= 11 is 12.0. The zero-order valence-corrected chi connectivity index (χ0v) is 19.7. The Labute approximate surface area is 202 Å². The SMILES string of the molecule is COC1CN(C(=O)c2ccc(NC(=O)c3cc(Cl)cc(Cl)c3)cc2)c2ccccc2CN1C. The predicted octanol–water partition coefficient (Wildman–Crippen LogP) is 5.31. The van der Waals surface area contributed by atoms with Crippen LogP contribution in [0.3, 0.4) is 0 Å². The molecule has 1 atom stereocenters. The molecule has 3 aromatic rings. The second kappa shape index (κ2) is 9.93. The van der Waals surface area contributed by atoms with E-state index >= 15 is 0 Å². The van der Waals surface area contributed by atoms with Crippen LogP contribution in [0.1, 0.15) is 26.3 Å². The van der Waals surface area contributed by atoms with E-state index in [1.165, 1.54) is 0 Å². The van der Waals surface area contributed by atoms with Gasteiger partial charge in [-0.15, -0.1) is 0 Å². The Kier molecular flexibility index (Phi) is 7.00. The van der Waals surface area contributed by atoms with Gasteiger partial charge in [-0.1, -0.05) is 41.4 Å². The molecule has 0 fully saturated rings. The molecule has 4 rings (SSSR count). The zero-order chi connectivity index (χ0) is 23.5. The van der Waals surface area contributed by atoms with E-state index in [-0.39, 0.29) is 18.0 Å². The highest BCUT2D eigenvalue weighted by atomic mass is 35.5. The minimum Gasteiger partial charge on any atom is -0.364 e. The molecule has 8 heteroatoms. The van der Waals surface area contributed by atoms with Crippen molar-refractivity contribution in [2.45, 2.75) is 12.8 Å². The first-order valence-corrected chi connectivity index (χ1v) is 11.1. The van der Waals surface area contributed by atoms with Gasteiger partial charge < -0.3 is 15.0 Å². The number of halogens is 2. The minimum atomic E-state index is -0.342. The second-order valence-corrected chi connectivity index (χ2v) is 8.71. The van der Waals surface area contributed by atoms with Crippen molar-refractivity contribution in [2.24, 2.45) is 0 Å². The van der Waals surface area contributed by atoms with Crippen LogP contribution in [0, 0.1) is 0 Å². The van der Waals surface area contributed by atoms with Crippen LogP contribution in [0.15, 0.2) is 66.7 Å². The number of anilines is 2. The average molecular weight is 484 g/mol. The summed E-state index contributed by atoms with van der Waals surface area (Å²) < 4.78 is 5.62. The van der Waals surface area contributed by atoms with Gasteiger partial charge in [0.05, 0.1) is 6.54 Å². The summed E-state index contributed by atoms with van der Waals surface area (Å²) in [5.74, 6) is -0.481. The van der Waals surface area contributed by atoms with Gasteiger partial charge in [0.2, 0.25) is 0 Å². The first kappa shape index (κ1) is 23.3. The number of hydrogen-bond acceptors (Lipinski definition) is 4. The standard InChI is InChI=1S/C25H23Cl2N3O3/c1-29-14-17-5-3-4-6-22(17)30(15-23(29)33-2)25(32)16-7-9-21(10-8-16)28-24(31)18-11-19(26)13-20(27)12-18/h3-13,23H,14-15H2,1-2H3,(H,28,31). The van der Waals surface area contributed by atoms with Crippen LogP contribution in [-0.4, -0.2) is 43.6 Å². The van der Waals surface area contributed by atoms with Crippen LogP contribution in [0.5, 0.6) is 0 Å². The molecule has 2 amide bonds. The Morgan fingerprint density at radius 2 is 1.64 bits per heavy atom. The van der Waals surface area contributed by atoms with Gasteiger partial charge in [0.15, 0.2) is 0 Å². The molecule has 1 N–H and O–H groups in total. The van der Waals surface area contributed by atoms with Gasteiger partial charge in [-0.25, -0.2) is 0 Å². The monoisotopic (exact) mass is 483 g/mol. The molecule has 0 saturated carbocycles. The maximum atomic E-state index is 13.4. The zero-order valence-electron chi connectivity index (χ0n) is 18.2. The Morgan fingerprint density at radius 3 is 2.30 bits per heavy atom. The molecular weight excluding hydrogens is 461 g/mol. The van der Waals surface area contributed by atoms with Gasteiger partial charge in [-0.05, 0) is 61.1 Å². The van der Waals surface area contributed by atoms with E-state index in [9.17, 15) is 9.59 Å². The topological polar surface area (TPSA) is 61.9 Å². The number of para-hydroxylation sites is 1. The van der Waals surface area contributed by atoms with E-state index < -0.39 is 0 Å². The van der Waals surface area contributed by atoms with Crippen LogP contribution in [0.25, 0.3) is 0 Å². The Balaban J connectivity index is 1.55. The predicted molar refractivity (Wildman–Crippen MR) is 131 cm³/mol. The van der Waals surface area contributed by atoms with Crippen molar-refractivity contribution in [3.63, 3.8) is 0 Å². The number of ether oxygens (including phenoxy) is 1. The third kappa shape index (κ3) is 5.20. The van der Waals surface area contributed by atoms with Crippen molar-refractivity contribution in [1.29, 1.82) is 0 Å². The lowest BCUT2D eigenvalue weighted by molar-refractivity contribution is -0.0132. The van der Waals surface area contributed by atoms with Gasteiger partial charge in [0, 0.05) is 46.2 Å². The molecule has 0 radical (unpaired) electrons. The van der Waals surface area contributed by atoms with E-state index in [2.05, 4.69) is 10.2 Å². The number of benzene rings is 3. The summed E-state index contributed by atoms with van der Waals surface area (Å²) in [7, 11) is 3.62. The quantitative estimate of drug-likeness (QED) is 0.545. The summed E-state index contributed by atoms with van der Waals surface area (Å²) in [5.41, 5.74) is 3.33. The summed E-state index contributed by atoms with van der Waals surface area (Å²) in [6.45, 7) is 1.08. The van der Waals surface area contributed by atoms with Crippen molar-refractivity contribution in [1.82, 2.24) is 4.90 Å². The lowest BCUT2D eigenvalue weighted by atomic mass is 10.1. The highest BCUT2D eigenvalue weighted by Crippen LogP contribution is 2.28. The number of amides is 2. The number of hydrogen-bond donors (Lipinski definition) is 1. The molecule has 1 heterocycles. The van der Waals surface area contributed by atoms with Gasteiger partial charge >= 0.3 is 0 Å². The highest BCUT2D eigenvalue weighted by Gasteiger charge is 2.29. The fraction of sp³-hybridized carbons (Fsp3) is 0.200. The summed E-state index contributed by atoms with van der Waals surface area (Å²) in [6.07, 6.45) is -0.232. The molecule has 33 heavy (non-hydrogen) atoms. The van der Waals surface area contributed by atoms with Gasteiger partial charge in [-0.2, -0.15) is 0 Å². The molecule has 3 aromatic carbocycles. The van der Waals surface area contributed by atoms with E-state index in [1.807, 2.05) is 31.3 Å². The fourth-order valence-corrected chi connectivity index (χ4v) is 4.39. The minimum absolute atomic E-state index is 0.140. The number of nitrogens with zero attached hydrogens (tertiary/aromatic N) is 2. The fourth-order valence-electron chi connectivity index (χ4n) is 3.86. The van der Waals surface area contributed by atoms with Crippen molar-refractivity contribution < 1.29 is 14.3 Å². The van der Waals surface area contributed by atoms with Crippen LogP contribution < -0.4 is 10.2 Å². The van der Waals surface area contributed by atoms with Crippen molar-refractivity contribution in [2.75, 3.05) is 30.9 Å². The molecule has 0 saturated heterocycles. The molecule has 170 valence electrons. The largest absolute Gasteiger partial charge is 0.364 e. The molecule has 6 nitrogen and oxygen atoms in total. The molecule has 0 aliphatic carbocycles. The van der Waals surface area contributed by atoms with Gasteiger partial charge in [-0.3, -0.25) is 14.5 Å². The molecule has 1 unspecified atom stereocenters. The van der Waals surface area contributed by atoms with Gasteiger partial charge in [0.1, 0.15) is 6.23 Å². The van der Waals surface area contributed by atoms with Crippen LogP contribution in [-0.2, 0) is 11.3 Å². The molecule has 0 bridgehead atoms. The number of carbonyl (C=O) groups excluding carboxylic acids is 2. The average Bonchev–Trinajstić information content (AvgIpc) is 2.94. The Hall–Kier alpha value is -2.90. The number of nitrogens with one attached hydrogen (secondary N) is 1. The maximum Gasteiger partial charge on any atom is 0.258 e. The summed E-state index contributed by atoms with van der Waals surface area (Å²) in [4.78, 5) is 29.8. The van der Waals surface area contributed by atoms with E-state index in [0.717, 1.165) is 11.3 Å². The Bertz CT molecular complexity index is 1160. The van der Waals surface area contributed by atoms with E-state index in [0.29, 0.717) is 39.9 Å². The molecule has 0 spiro atoms. The lowest BCUT2D eigenvalue weighted by Gasteiger charge is -2.28. The number of rotatable bonds is 4. The molecule has 1 aliphatic heterocycles. The first-order chi connectivity index (χ1) is 15.9. The van der Waals surface area contributed by atoms with E-state index in [1.54, 1.807) is 54.5 Å². The lowest BCUT2D eigenvalue weighted by Crippen LogP contribution is -2.43. The summed E-state index contributed by atoms with van der Waals surface area (Å²) in [5, 5.41) is 3.56. The highest BCUT2D eigenvalue weighted by molar-refractivity contribution is 6.35. The number of methoxy groups -OCH3 is 1. The van der Waals surface area contributed by atoms with Crippen molar-refractivity contribution in [3.05, 3.63) is 93.5 Å². The molecule has 0 aromatic heterocycles. The molecular formula is C25H23Cl2N3O3. The molecule has 1 aliphatic rings. The smallest absolute Gasteiger partial charge is 0.258 e. The van der Waals surface area contributed by atoms with Crippen molar-refractivity contribution >= 4 is 46.4 Å². The number of likely N-dealkylation sites (N-methyl/N-ethyl adjacent to an activating group) is 1.